The number of unbranched alkanes of at least 4 members (excludes halogenated alkanes) is 1. The van der Waals surface area contributed by atoms with Crippen molar-refractivity contribution in [1.29, 1.82) is 0 Å². The Hall–Kier alpha value is -6.77. The second-order valence-electron chi connectivity index (χ2n) is 19.3. The van der Waals surface area contributed by atoms with Crippen LogP contribution in [0.4, 0.5) is 0 Å². The van der Waals surface area contributed by atoms with E-state index in [1.165, 1.54) is 11.8 Å². The number of nitrogens with two attached hydrogens (primary N) is 4. The lowest BCUT2D eigenvalue weighted by molar-refractivity contribution is -0.145. The monoisotopic (exact) mass is 1060 g/mol. The van der Waals surface area contributed by atoms with E-state index in [1.807, 2.05) is 13.8 Å². The Kier molecular flexibility index (Phi) is 27.9. The van der Waals surface area contributed by atoms with Crippen LogP contribution in [0.3, 0.4) is 0 Å². The van der Waals surface area contributed by atoms with E-state index in [0.717, 1.165) is 0 Å². The van der Waals surface area contributed by atoms with E-state index >= 15 is 0 Å². The molecule has 11 atom stereocenters. The number of carbonyl (C=O) groups is 11. The highest BCUT2D eigenvalue weighted by Crippen LogP contribution is 2.22. The van der Waals surface area contributed by atoms with Crippen molar-refractivity contribution in [1.82, 2.24) is 42.1 Å². The largest absolute Gasteiger partial charge is 0.480 e. The lowest BCUT2D eigenvalue weighted by Gasteiger charge is -2.32. The molecule has 1 aromatic rings. The summed E-state index contributed by atoms with van der Waals surface area (Å²) in [6.45, 7) is 7.55. The predicted molar refractivity (Wildman–Crippen MR) is 271 cm³/mol. The van der Waals surface area contributed by atoms with E-state index in [0.29, 0.717) is 31.2 Å². The Morgan fingerprint density at radius 3 is 1.75 bits per heavy atom. The molecule has 1 aliphatic heterocycles. The van der Waals surface area contributed by atoms with Crippen LogP contribution in [-0.4, -0.2) is 165 Å². The van der Waals surface area contributed by atoms with Crippen molar-refractivity contribution in [2.45, 2.75) is 172 Å². The maximum absolute atomic E-state index is 14.5. The molecule has 0 radical (unpaired) electrons. The van der Waals surface area contributed by atoms with Crippen LogP contribution in [0.1, 0.15) is 111 Å². The van der Waals surface area contributed by atoms with Gasteiger partial charge in [0.15, 0.2) is 6.04 Å². The lowest BCUT2D eigenvalue weighted by atomic mass is 9.96. The van der Waals surface area contributed by atoms with Crippen molar-refractivity contribution in [3.05, 3.63) is 35.9 Å². The molecule has 26 nitrogen and oxygen atoms in total. The number of carbonyl (C=O) groups excluding carboxylic acids is 10. The van der Waals surface area contributed by atoms with E-state index in [1.54, 1.807) is 44.2 Å². The van der Waals surface area contributed by atoms with Gasteiger partial charge in [0.1, 0.15) is 42.3 Å². The number of benzene rings is 1. The van der Waals surface area contributed by atoms with E-state index in [2.05, 4.69) is 37.2 Å². The Morgan fingerprint density at radius 2 is 1.20 bits per heavy atom. The molecule has 1 aromatic carbocycles. The molecule has 1 aliphatic rings. The first-order valence-corrected chi connectivity index (χ1v) is 25.4. The van der Waals surface area contributed by atoms with Crippen LogP contribution in [0.2, 0.25) is 0 Å². The minimum Gasteiger partial charge on any atom is -0.480 e. The van der Waals surface area contributed by atoms with Crippen LogP contribution in [-0.2, 0) is 59.2 Å². The van der Waals surface area contributed by atoms with E-state index < -0.39 is 138 Å². The quantitative estimate of drug-likeness (QED) is 0.0294. The number of nitrogens with one attached hydrogen (secondary N) is 7. The van der Waals surface area contributed by atoms with Crippen LogP contribution in [0.15, 0.2) is 30.3 Å². The maximum atomic E-state index is 14.5. The first-order valence-electron chi connectivity index (χ1n) is 25.4. The molecule has 10 amide bonds. The number of likely N-dealkylation sites (tertiary alicyclic amines) is 1. The number of aliphatic hydroxyl groups is 2. The zero-order valence-electron chi connectivity index (χ0n) is 43.5. The summed E-state index contributed by atoms with van der Waals surface area (Å²) in [7, 11) is 0. The lowest BCUT2D eigenvalue weighted by Crippen LogP contribution is -2.61. The molecule has 0 unspecified atom stereocenters. The molecule has 1 fully saturated rings. The third-order valence-corrected chi connectivity index (χ3v) is 12.7. The second kappa shape index (κ2) is 32.5. The number of carboxylic acids is 1. The second-order valence-corrected chi connectivity index (χ2v) is 19.3. The number of hydrogen-bond donors (Lipinski definition) is 14. The number of carboxylic acid groups (broad SMARTS) is 1. The molecule has 2 rings (SSSR count). The van der Waals surface area contributed by atoms with Gasteiger partial charge in [0, 0.05) is 25.8 Å². The summed E-state index contributed by atoms with van der Waals surface area (Å²) in [5.74, 6) is -10.6. The van der Waals surface area contributed by atoms with Gasteiger partial charge in [-0.3, -0.25) is 47.9 Å². The number of aliphatic hydroxyl groups excluding tert-OH is 2. The molecule has 1 heterocycles. The number of hydrogen-bond acceptors (Lipinski definition) is 15. The number of aliphatic carboxylic acids is 1. The van der Waals surface area contributed by atoms with Crippen molar-refractivity contribution in [2.24, 2.45) is 34.8 Å². The number of primary amides is 2. The Bertz CT molecular complexity index is 2110. The molecular formula is C49H80N12O14. The Morgan fingerprint density at radius 1 is 0.667 bits per heavy atom. The Labute approximate surface area is 436 Å². The average Bonchev–Trinajstić information content (AvgIpc) is 3.85. The summed E-state index contributed by atoms with van der Waals surface area (Å²) in [4.78, 5) is 147. The number of amides is 10. The van der Waals surface area contributed by atoms with Crippen LogP contribution in [0.25, 0.3) is 0 Å². The molecule has 0 bridgehead atoms. The minimum absolute atomic E-state index is 0.0376. The van der Waals surface area contributed by atoms with Crippen molar-refractivity contribution >= 4 is 65.0 Å². The fraction of sp³-hybridized carbons (Fsp3) is 0.653. The van der Waals surface area contributed by atoms with Gasteiger partial charge in [-0.1, -0.05) is 64.4 Å². The highest BCUT2D eigenvalue weighted by molar-refractivity contribution is 5.98. The molecule has 420 valence electrons. The highest BCUT2D eigenvalue weighted by Gasteiger charge is 2.41. The summed E-state index contributed by atoms with van der Waals surface area (Å²) >= 11 is 0. The summed E-state index contributed by atoms with van der Waals surface area (Å²) < 4.78 is 0. The number of rotatable bonds is 34. The van der Waals surface area contributed by atoms with Crippen LogP contribution in [0, 0.1) is 11.8 Å². The average molecular weight is 1060 g/mol. The van der Waals surface area contributed by atoms with Gasteiger partial charge < -0.3 is 80.4 Å². The van der Waals surface area contributed by atoms with Gasteiger partial charge >= 0.3 is 5.97 Å². The third-order valence-electron chi connectivity index (χ3n) is 12.7. The Balaban J connectivity index is 2.37. The standard InChI is InChI=1S/C49H80N12O14/c1-6-27(4)39(59-45(70)35(25-62)58-43(68)32(18-20-38(53)65)54-41(66)30(51)17-19-37(52)64)47(72)55-31(15-10-11-21-50)42(67)57-34(23-26(2)3)48(73)61-22-12-16-36(61)46(71)56-33(24-29-13-8-7-9-14-29)44(69)60-40(28(5)63)49(74)75/h7-9,13-14,26-28,30-36,39-40,62-63H,6,10-12,15-25,50-51H2,1-5H3,(H2,52,64)(H2,53,65)(H,54,66)(H,55,72)(H,56,71)(H,57,67)(H,58,68)(H,59,70)(H,60,69)(H,74,75)/t27-,28+,30-,31-,32-,33-,34-,35-,36-,39-,40-/m0/s1. The smallest absolute Gasteiger partial charge is 0.328 e. The van der Waals surface area contributed by atoms with Crippen molar-refractivity contribution in [3.63, 3.8) is 0 Å². The van der Waals surface area contributed by atoms with Gasteiger partial charge in [-0.2, -0.15) is 0 Å². The van der Waals surface area contributed by atoms with Crippen molar-refractivity contribution < 1.29 is 68.1 Å². The fourth-order valence-electron chi connectivity index (χ4n) is 8.15. The summed E-state index contributed by atoms with van der Waals surface area (Å²) in [6, 6.07) is -3.85. The molecule has 75 heavy (non-hydrogen) atoms. The van der Waals surface area contributed by atoms with E-state index in [4.69, 9.17) is 22.9 Å². The third kappa shape index (κ3) is 21.9. The first kappa shape index (κ1) is 64.3. The molecular weight excluding hydrogens is 981 g/mol. The molecule has 0 saturated carbocycles. The SMILES string of the molecule is CC[C@H](C)[C@H](NC(=O)[C@H](CO)NC(=O)[C@H](CCC(N)=O)NC(=O)[C@@H](N)CCC(N)=O)C(=O)N[C@@H](CCCCN)C(=O)N[C@@H](CC(C)C)C(=O)N1CCC[C@H]1C(=O)N[C@@H](Cc1ccccc1)C(=O)N[C@H](C(=O)O)[C@@H](C)O. The fourth-order valence-corrected chi connectivity index (χ4v) is 8.15. The van der Waals surface area contributed by atoms with Crippen LogP contribution in [0.5, 0.6) is 0 Å². The van der Waals surface area contributed by atoms with Crippen LogP contribution < -0.4 is 60.2 Å². The van der Waals surface area contributed by atoms with Gasteiger partial charge in [-0.25, -0.2) is 4.79 Å². The summed E-state index contributed by atoms with van der Waals surface area (Å²) in [6.07, 6.45) is -0.840. The first-order chi connectivity index (χ1) is 35.3. The molecule has 18 N–H and O–H groups in total. The van der Waals surface area contributed by atoms with E-state index in [-0.39, 0.29) is 70.4 Å². The molecule has 1 saturated heterocycles. The zero-order valence-corrected chi connectivity index (χ0v) is 43.5. The van der Waals surface area contributed by atoms with Gasteiger partial charge in [-0.05, 0) is 82.2 Å². The number of nitrogens with zero attached hydrogens (tertiary/aromatic N) is 1. The molecule has 0 spiro atoms. The van der Waals surface area contributed by atoms with Crippen molar-refractivity contribution in [3.8, 4) is 0 Å². The topological polar surface area (TPSA) is 440 Å². The van der Waals surface area contributed by atoms with Gasteiger partial charge in [0.25, 0.3) is 0 Å². The molecule has 26 heteroatoms. The minimum atomic E-state index is -1.71. The highest BCUT2D eigenvalue weighted by atomic mass is 16.4. The van der Waals surface area contributed by atoms with Gasteiger partial charge in [-0.15, -0.1) is 0 Å². The summed E-state index contributed by atoms with van der Waals surface area (Å²) in [5.41, 5.74) is 22.6. The normalized spacial score (nSPS) is 17.3. The van der Waals surface area contributed by atoms with Crippen LogP contribution >= 0.6 is 0 Å². The van der Waals surface area contributed by atoms with Crippen molar-refractivity contribution in [2.75, 3.05) is 19.7 Å². The zero-order chi connectivity index (χ0) is 56.5. The summed E-state index contributed by atoms with van der Waals surface area (Å²) in [5, 5.41) is 47.5. The predicted octanol–water partition coefficient (Wildman–Crippen LogP) is -3.85. The molecule has 0 aromatic heterocycles. The maximum Gasteiger partial charge on any atom is 0.328 e. The van der Waals surface area contributed by atoms with Gasteiger partial charge in [0.05, 0.1) is 18.8 Å². The van der Waals surface area contributed by atoms with E-state index in [9.17, 15) is 68.1 Å². The molecule has 0 aliphatic carbocycles. The van der Waals surface area contributed by atoms with Gasteiger partial charge in [0.2, 0.25) is 59.1 Å².